The van der Waals surface area contributed by atoms with E-state index >= 15 is 0 Å². The number of hydrogen-bond acceptors (Lipinski definition) is 1. The number of amides is 1. The molecule has 1 aliphatic heterocycles. The number of carbonyl (C=O) groups excluding carboxylic acids is 1. The highest BCUT2D eigenvalue weighted by molar-refractivity contribution is 6.31. The van der Waals surface area contributed by atoms with Gasteiger partial charge in [-0.05, 0) is 6.07 Å². The second-order valence-electron chi connectivity index (χ2n) is 4.16. The average molecular weight is 240 g/mol. The largest absolute Gasteiger partial charge is 0.334 e. The van der Waals surface area contributed by atoms with Crippen molar-refractivity contribution in [3.63, 3.8) is 0 Å². The molecule has 0 bridgehead atoms. The van der Waals surface area contributed by atoms with Gasteiger partial charge in [0.2, 0.25) is 6.41 Å². The second kappa shape index (κ2) is 5.32. The monoisotopic (exact) mass is 239 g/mol. The topological polar surface area (TPSA) is 24.8 Å². The molecular weight excluding hydrogens is 224 g/mol. The Morgan fingerprint density at radius 3 is 2.62 bits per heavy atom. The van der Waals surface area contributed by atoms with E-state index in [0.29, 0.717) is 0 Å². The molecule has 2 rings (SSSR count). The molecule has 1 amide bonds. The Morgan fingerprint density at radius 1 is 1.31 bits per heavy atom. The number of carbonyl (C=O) groups is 1. The number of nitrogens with one attached hydrogen (secondary N) is 1. The van der Waals surface area contributed by atoms with Gasteiger partial charge >= 0.3 is 0 Å². The third-order valence-corrected chi connectivity index (χ3v) is 3.42. The van der Waals surface area contributed by atoms with Crippen molar-refractivity contribution in [2.24, 2.45) is 0 Å². The molecule has 3 nitrogen and oxygen atoms in total. The van der Waals surface area contributed by atoms with Crippen molar-refractivity contribution in [2.45, 2.75) is 6.54 Å². The summed E-state index contributed by atoms with van der Waals surface area (Å²) in [6, 6.07) is 7.97. The van der Waals surface area contributed by atoms with Gasteiger partial charge in [0, 0.05) is 10.6 Å². The summed E-state index contributed by atoms with van der Waals surface area (Å²) in [4.78, 5) is 13.9. The summed E-state index contributed by atoms with van der Waals surface area (Å²) in [6.07, 6.45) is 0.937. The number of halogens is 1. The molecule has 0 unspecified atom stereocenters. The fourth-order valence-electron chi connectivity index (χ4n) is 2.03. The van der Waals surface area contributed by atoms with Gasteiger partial charge in [0.05, 0.1) is 26.2 Å². The Kier molecular flexibility index (Phi) is 3.80. The zero-order valence-corrected chi connectivity index (χ0v) is 9.91. The Hall–Kier alpha value is -1.06. The predicted octanol–water partition coefficient (Wildman–Crippen LogP) is 0.197. The zero-order valence-electron chi connectivity index (χ0n) is 9.16. The highest BCUT2D eigenvalue weighted by atomic mass is 35.5. The average Bonchev–Trinajstić information content (AvgIpc) is 2.33. The fourth-order valence-corrected chi connectivity index (χ4v) is 2.24. The van der Waals surface area contributed by atoms with Crippen molar-refractivity contribution in [1.82, 2.24) is 4.90 Å². The Morgan fingerprint density at radius 2 is 2.00 bits per heavy atom. The highest BCUT2D eigenvalue weighted by Gasteiger charge is 2.19. The molecule has 1 fully saturated rings. The molecule has 0 saturated carbocycles. The van der Waals surface area contributed by atoms with Crippen LogP contribution in [0.3, 0.4) is 0 Å². The molecule has 86 valence electrons. The summed E-state index contributed by atoms with van der Waals surface area (Å²) in [7, 11) is 0. The van der Waals surface area contributed by atoms with Crippen LogP contribution in [0, 0.1) is 0 Å². The number of quaternary nitrogens is 1. The molecule has 0 aliphatic carbocycles. The van der Waals surface area contributed by atoms with Gasteiger partial charge in [0.15, 0.2) is 0 Å². The Labute approximate surface area is 101 Å². The van der Waals surface area contributed by atoms with Crippen molar-refractivity contribution in [1.29, 1.82) is 0 Å². The van der Waals surface area contributed by atoms with Crippen LogP contribution in [0.25, 0.3) is 0 Å². The molecule has 1 aromatic rings. The minimum absolute atomic E-state index is 0.841. The van der Waals surface area contributed by atoms with E-state index in [1.165, 1.54) is 10.5 Å². The Bertz CT molecular complexity index is 362. The van der Waals surface area contributed by atoms with E-state index in [2.05, 4.69) is 6.07 Å². The Balaban J connectivity index is 1.92. The van der Waals surface area contributed by atoms with Gasteiger partial charge in [-0.1, -0.05) is 29.8 Å². The zero-order chi connectivity index (χ0) is 11.4. The van der Waals surface area contributed by atoms with Crippen LogP contribution in [0.1, 0.15) is 5.56 Å². The van der Waals surface area contributed by atoms with Crippen LogP contribution < -0.4 is 4.90 Å². The molecule has 0 aromatic heterocycles. The molecule has 4 heteroatoms. The van der Waals surface area contributed by atoms with Crippen LogP contribution in [0.5, 0.6) is 0 Å². The van der Waals surface area contributed by atoms with Crippen molar-refractivity contribution in [3.8, 4) is 0 Å². The van der Waals surface area contributed by atoms with Gasteiger partial charge in [-0.3, -0.25) is 4.79 Å². The van der Waals surface area contributed by atoms with Crippen LogP contribution in [0.2, 0.25) is 5.02 Å². The normalized spacial score (nSPS) is 17.4. The third-order valence-electron chi connectivity index (χ3n) is 3.05. The molecule has 1 N–H and O–H groups in total. The van der Waals surface area contributed by atoms with Gasteiger partial charge < -0.3 is 9.80 Å². The lowest BCUT2D eigenvalue weighted by Crippen LogP contribution is -3.13. The smallest absolute Gasteiger partial charge is 0.210 e. The summed E-state index contributed by atoms with van der Waals surface area (Å²) in [5, 5.41) is 0.841. The van der Waals surface area contributed by atoms with E-state index in [1.54, 1.807) is 0 Å². The van der Waals surface area contributed by atoms with Gasteiger partial charge in [0.1, 0.15) is 6.54 Å². The van der Waals surface area contributed by atoms with Gasteiger partial charge in [-0.15, -0.1) is 0 Å². The molecular formula is C12H16ClN2O+. The first-order valence-corrected chi connectivity index (χ1v) is 5.93. The predicted molar refractivity (Wildman–Crippen MR) is 63.5 cm³/mol. The van der Waals surface area contributed by atoms with E-state index in [4.69, 9.17) is 11.6 Å². The summed E-state index contributed by atoms with van der Waals surface area (Å²) >= 11 is 6.12. The molecule has 0 spiro atoms. The van der Waals surface area contributed by atoms with Crippen molar-refractivity contribution in [3.05, 3.63) is 34.9 Å². The van der Waals surface area contributed by atoms with Crippen LogP contribution in [-0.2, 0) is 11.3 Å². The minimum atomic E-state index is 0.841. The van der Waals surface area contributed by atoms with Gasteiger partial charge in [-0.25, -0.2) is 0 Å². The molecule has 0 atom stereocenters. The van der Waals surface area contributed by atoms with Crippen LogP contribution in [-0.4, -0.2) is 37.5 Å². The van der Waals surface area contributed by atoms with E-state index in [0.717, 1.165) is 44.2 Å². The van der Waals surface area contributed by atoms with E-state index in [9.17, 15) is 4.79 Å². The lowest BCUT2D eigenvalue weighted by Gasteiger charge is -2.29. The molecule has 1 heterocycles. The first-order valence-electron chi connectivity index (χ1n) is 5.56. The summed E-state index contributed by atoms with van der Waals surface area (Å²) in [5.41, 5.74) is 1.19. The quantitative estimate of drug-likeness (QED) is 0.749. The van der Waals surface area contributed by atoms with E-state index in [1.807, 2.05) is 23.1 Å². The SMILES string of the molecule is O=CN1CC[NH+](Cc2ccccc2Cl)CC1. The molecule has 1 aromatic carbocycles. The third kappa shape index (κ3) is 2.74. The molecule has 1 saturated heterocycles. The molecule has 16 heavy (non-hydrogen) atoms. The number of rotatable bonds is 3. The standard InChI is InChI=1S/C12H15ClN2O/c13-12-4-2-1-3-11(12)9-14-5-7-15(10-16)8-6-14/h1-4,10H,5-9H2/p+1. The highest BCUT2D eigenvalue weighted by Crippen LogP contribution is 2.13. The van der Waals surface area contributed by atoms with E-state index < -0.39 is 0 Å². The summed E-state index contributed by atoms with van der Waals surface area (Å²) in [6.45, 7) is 4.66. The minimum Gasteiger partial charge on any atom is -0.334 e. The number of nitrogens with zero attached hydrogens (tertiary/aromatic N) is 1. The fraction of sp³-hybridized carbons (Fsp3) is 0.417. The summed E-state index contributed by atoms with van der Waals surface area (Å²) in [5.74, 6) is 0. The maximum atomic E-state index is 10.6. The summed E-state index contributed by atoms with van der Waals surface area (Å²) < 4.78 is 0. The van der Waals surface area contributed by atoms with Gasteiger partial charge in [0.25, 0.3) is 0 Å². The number of hydrogen-bond donors (Lipinski definition) is 1. The maximum absolute atomic E-state index is 10.6. The van der Waals surface area contributed by atoms with Crippen LogP contribution in [0.4, 0.5) is 0 Å². The molecule has 1 aliphatic rings. The lowest BCUT2D eigenvalue weighted by molar-refractivity contribution is -0.917. The number of piperazine rings is 1. The van der Waals surface area contributed by atoms with Crippen LogP contribution >= 0.6 is 11.6 Å². The van der Waals surface area contributed by atoms with Crippen molar-refractivity contribution >= 4 is 18.0 Å². The first kappa shape index (κ1) is 11.4. The second-order valence-corrected chi connectivity index (χ2v) is 4.57. The van der Waals surface area contributed by atoms with Crippen LogP contribution in [0.15, 0.2) is 24.3 Å². The molecule has 0 radical (unpaired) electrons. The maximum Gasteiger partial charge on any atom is 0.210 e. The van der Waals surface area contributed by atoms with Crippen molar-refractivity contribution in [2.75, 3.05) is 26.2 Å². The van der Waals surface area contributed by atoms with Gasteiger partial charge in [-0.2, -0.15) is 0 Å². The first-order chi connectivity index (χ1) is 7.79. The number of benzene rings is 1. The lowest BCUT2D eigenvalue weighted by atomic mass is 10.2. The van der Waals surface area contributed by atoms with E-state index in [-0.39, 0.29) is 0 Å². The van der Waals surface area contributed by atoms with Crippen molar-refractivity contribution < 1.29 is 9.69 Å².